The van der Waals surface area contributed by atoms with Crippen LogP contribution in [-0.2, 0) is 6.61 Å². The Morgan fingerprint density at radius 1 is 1.28 bits per heavy atom. The van der Waals surface area contributed by atoms with Crippen LogP contribution in [0.1, 0.15) is 35.6 Å². The van der Waals surface area contributed by atoms with Gasteiger partial charge in [-0.2, -0.15) is 0 Å². The van der Waals surface area contributed by atoms with Crippen molar-refractivity contribution in [3.63, 3.8) is 0 Å². The lowest BCUT2D eigenvalue weighted by molar-refractivity contribution is 0.0939. The number of aromatic nitrogens is 2. The average Bonchev–Trinajstić information content (AvgIpc) is 2.94. The molecule has 154 valence electrons. The van der Waals surface area contributed by atoms with Crippen LogP contribution in [-0.4, -0.2) is 27.4 Å². The molecule has 0 atom stereocenters. The second-order valence-electron chi connectivity index (χ2n) is 7.42. The van der Waals surface area contributed by atoms with E-state index < -0.39 is 35.5 Å². The second-order valence-corrected chi connectivity index (χ2v) is 7.42. The zero-order valence-corrected chi connectivity index (χ0v) is 16.2. The molecule has 0 bridgehead atoms. The van der Waals surface area contributed by atoms with Gasteiger partial charge in [-0.1, -0.05) is 6.07 Å². The van der Waals surface area contributed by atoms with E-state index in [1.807, 2.05) is 0 Å². The van der Waals surface area contributed by atoms with Crippen LogP contribution >= 0.6 is 0 Å². The van der Waals surface area contributed by atoms with Crippen molar-refractivity contribution >= 4 is 11.6 Å². The third kappa shape index (κ3) is 4.51. The van der Waals surface area contributed by atoms with Crippen LogP contribution < -0.4 is 15.8 Å². The van der Waals surface area contributed by atoms with E-state index in [4.69, 9.17) is 10.5 Å². The maximum absolute atomic E-state index is 14.2. The fraction of sp³-hybridized carbons (Fsp3) is 0.300. The molecule has 3 rings (SSSR count). The van der Waals surface area contributed by atoms with E-state index in [1.165, 1.54) is 10.5 Å². The molecule has 1 amide bonds. The smallest absolute Gasteiger partial charge is 0.270 e. The van der Waals surface area contributed by atoms with E-state index in [9.17, 15) is 18.0 Å². The third-order valence-electron chi connectivity index (χ3n) is 4.18. The van der Waals surface area contributed by atoms with Crippen LogP contribution in [0.3, 0.4) is 0 Å². The number of nitrogens with zero attached hydrogens (tertiary/aromatic N) is 2. The molecule has 0 radical (unpaired) electrons. The van der Waals surface area contributed by atoms with E-state index in [1.54, 1.807) is 20.8 Å². The van der Waals surface area contributed by atoms with Gasteiger partial charge in [-0.3, -0.25) is 9.20 Å². The zero-order chi connectivity index (χ0) is 21.3. The molecule has 29 heavy (non-hydrogen) atoms. The maximum Gasteiger partial charge on any atom is 0.270 e. The summed E-state index contributed by atoms with van der Waals surface area (Å²) in [5.41, 5.74) is 5.56. The van der Waals surface area contributed by atoms with Crippen molar-refractivity contribution < 1.29 is 22.7 Å². The van der Waals surface area contributed by atoms with Gasteiger partial charge in [0.25, 0.3) is 5.91 Å². The molecule has 0 aliphatic rings. The summed E-state index contributed by atoms with van der Waals surface area (Å²) in [5.74, 6) is -2.78. The highest BCUT2D eigenvalue weighted by molar-refractivity contribution is 5.95. The molecule has 1 aromatic carbocycles. The van der Waals surface area contributed by atoms with Crippen molar-refractivity contribution in [1.29, 1.82) is 0 Å². The van der Waals surface area contributed by atoms with Crippen molar-refractivity contribution in [2.24, 2.45) is 5.73 Å². The second kappa shape index (κ2) is 7.75. The number of halogens is 3. The SMILES string of the molecule is Cc1nc2c(OCc3c(F)cccc3F)cc(F)cn2c1C(=O)NCC(C)(C)N. The number of rotatable bonds is 6. The molecule has 0 unspecified atom stereocenters. The van der Waals surface area contributed by atoms with Crippen LogP contribution in [0.25, 0.3) is 5.65 Å². The summed E-state index contributed by atoms with van der Waals surface area (Å²) in [5, 5.41) is 2.68. The number of imidazole rings is 1. The summed E-state index contributed by atoms with van der Waals surface area (Å²) in [6.07, 6.45) is 1.09. The molecule has 3 aromatic rings. The topological polar surface area (TPSA) is 81.7 Å². The van der Waals surface area contributed by atoms with Crippen molar-refractivity contribution in [3.8, 4) is 5.75 Å². The summed E-state index contributed by atoms with van der Waals surface area (Å²) >= 11 is 0. The summed E-state index contributed by atoms with van der Waals surface area (Å²) in [6.45, 7) is 4.83. The van der Waals surface area contributed by atoms with Gasteiger partial charge in [-0.15, -0.1) is 0 Å². The number of ether oxygens (including phenoxy) is 1. The van der Waals surface area contributed by atoms with Gasteiger partial charge >= 0.3 is 0 Å². The molecule has 0 spiro atoms. The largest absolute Gasteiger partial charge is 0.485 e. The van der Waals surface area contributed by atoms with E-state index in [-0.39, 0.29) is 29.2 Å². The summed E-state index contributed by atoms with van der Waals surface area (Å²) in [4.78, 5) is 16.9. The first-order valence-corrected chi connectivity index (χ1v) is 8.88. The number of amides is 1. The van der Waals surface area contributed by atoms with Gasteiger partial charge in [-0.25, -0.2) is 18.2 Å². The van der Waals surface area contributed by atoms with Gasteiger partial charge in [-0.05, 0) is 32.9 Å². The molecular formula is C20H21F3N4O2. The van der Waals surface area contributed by atoms with Crippen LogP contribution in [0.5, 0.6) is 5.75 Å². The molecule has 2 heterocycles. The number of pyridine rings is 1. The van der Waals surface area contributed by atoms with E-state index >= 15 is 0 Å². The average molecular weight is 406 g/mol. The van der Waals surface area contributed by atoms with E-state index in [2.05, 4.69) is 10.3 Å². The van der Waals surface area contributed by atoms with Crippen LogP contribution in [0, 0.1) is 24.4 Å². The Hall–Kier alpha value is -3.07. The monoisotopic (exact) mass is 406 g/mol. The molecule has 6 nitrogen and oxygen atoms in total. The predicted molar refractivity (Wildman–Crippen MR) is 101 cm³/mol. The summed E-state index contributed by atoms with van der Waals surface area (Å²) < 4.78 is 48.5. The van der Waals surface area contributed by atoms with Gasteiger partial charge in [0.1, 0.15) is 29.8 Å². The normalized spacial score (nSPS) is 11.7. The number of hydrogen-bond donors (Lipinski definition) is 2. The standard InChI is InChI=1S/C20H21F3N4O2/c1-11-17(19(28)25-10-20(2,3)24)27-8-12(21)7-16(18(27)26-11)29-9-13-14(22)5-4-6-15(13)23/h4-8H,9-10,24H2,1-3H3,(H,25,28). The Morgan fingerprint density at radius 3 is 2.55 bits per heavy atom. The van der Waals surface area contributed by atoms with Gasteiger partial charge in [0, 0.05) is 24.3 Å². The van der Waals surface area contributed by atoms with Crippen molar-refractivity contribution in [2.75, 3.05) is 6.54 Å². The Labute approximate surface area is 165 Å². The number of nitrogens with two attached hydrogens (primary N) is 1. The molecule has 0 saturated carbocycles. The van der Waals surface area contributed by atoms with Crippen molar-refractivity contribution in [3.05, 3.63) is 64.9 Å². The minimum Gasteiger partial charge on any atom is -0.485 e. The Morgan fingerprint density at radius 2 is 1.93 bits per heavy atom. The van der Waals surface area contributed by atoms with E-state index in [0.29, 0.717) is 5.69 Å². The van der Waals surface area contributed by atoms with Gasteiger partial charge in [0.15, 0.2) is 11.4 Å². The van der Waals surface area contributed by atoms with Crippen LogP contribution in [0.4, 0.5) is 13.2 Å². The first-order chi connectivity index (χ1) is 13.6. The van der Waals surface area contributed by atoms with Gasteiger partial charge in [0.05, 0.1) is 11.3 Å². The number of benzene rings is 1. The molecule has 0 aliphatic carbocycles. The first-order valence-electron chi connectivity index (χ1n) is 8.88. The predicted octanol–water partition coefficient (Wildman–Crippen LogP) is 3.11. The fourth-order valence-corrected chi connectivity index (χ4v) is 2.79. The molecule has 3 N–H and O–H groups in total. The number of carbonyl (C=O) groups excluding carboxylic acids is 1. The molecule has 0 aliphatic heterocycles. The quantitative estimate of drug-likeness (QED) is 0.659. The number of hydrogen-bond acceptors (Lipinski definition) is 4. The maximum atomic E-state index is 14.2. The minimum absolute atomic E-state index is 0.0473. The number of aryl methyl sites for hydroxylation is 1. The first kappa shape index (κ1) is 20.7. The Kier molecular flexibility index (Phi) is 5.52. The molecule has 0 fully saturated rings. The molecular weight excluding hydrogens is 385 g/mol. The lowest BCUT2D eigenvalue weighted by Gasteiger charge is -2.19. The van der Waals surface area contributed by atoms with Crippen molar-refractivity contribution in [2.45, 2.75) is 32.9 Å². The minimum atomic E-state index is -0.776. The highest BCUT2D eigenvalue weighted by Gasteiger charge is 2.22. The molecule has 2 aromatic heterocycles. The van der Waals surface area contributed by atoms with Gasteiger partial charge < -0.3 is 15.8 Å². The van der Waals surface area contributed by atoms with E-state index in [0.717, 1.165) is 24.4 Å². The lowest BCUT2D eigenvalue weighted by Crippen LogP contribution is -2.45. The Bertz CT molecular complexity index is 1050. The van der Waals surface area contributed by atoms with Crippen LogP contribution in [0.15, 0.2) is 30.5 Å². The van der Waals surface area contributed by atoms with Crippen LogP contribution in [0.2, 0.25) is 0 Å². The third-order valence-corrected chi connectivity index (χ3v) is 4.18. The van der Waals surface area contributed by atoms with Crippen molar-refractivity contribution in [1.82, 2.24) is 14.7 Å². The molecule has 0 saturated heterocycles. The highest BCUT2D eigenvalue weighted by atomic mass is 19.1. The Balaban J connectivity index is 1.95. The number of fused-ring (bicyclic) bond motifs is 1. The van der Waals surface area contributed by atoms with Gasteiger partial charge in [0.2, 0.25) is 0 Å². The summed E-state index contributed by atoms with van der Waals surface area (Å²) in [6, 6.07) is 4.49. The summed E-state index contributed by atoms with van der Waals surface area (Å²) in [7, 11) is 0. The number of carbonyl (C=O) groups is 1. The molecule has 9 heteroatoms. The fourth-order valence-electron chi connectivity index (χ4n) is 2.79. The number of nitrogens with one attached hydrogen (secondary N) is 1. The lowest BCUT2D eigenvalue weighted by atomic mass is 10.1. The highest BCUT2D eigenvalue weighted by Crippen LogP contribution is 2.25. The zero-order valence-electron chi connectivity index (χ0n) is 16.2.